The lowest BCUT2D eigenvalue weighted by Gasteiger charge is -2.00. The summed E-state index contributed by atoms with van der Waals surface area (Å²) in [4.78, 5) is 19.9. The van der Waals surface area contributed by atoms with Crippen LogP contribution in [0.3, 0.4) is 0 Å². The molecule has 3 nitrogen and oxygen atoms in total. The molecular weight excluding hydrogens is 212 g/mol. The quantitative estimate of drug-likeness (QED) is 0.752. The molecule has 0 radical (unpaired) electrons. The number of carbonyl (C=O) groups excluding carboxylic acids is 1. The van der Waals surface area contributed by atoms with Crippen molar-refractivity contribution >= 4 is 5.78 Å². The average Bonchev–Trinajstić information content (AvgIpc) is 2.38. The van der Waals surface area contributed by atoms with Gasteiger partial charge in [-0.05, 0) is 24.5 Å². The van der Waals surface area contributed by atoms with Gasteiger partial charge in [0.25, 0.3) is 0 Å². The fraction of sp³-hybridized carbons (Fsp3) is 0.214. The van der Waals surface area contributed by atoms with E-state index in [0.717, 1.165) is 17.5 Å². The van der Waals surface area contributed by atoms with Crippen molar-refractivity contribution in [3.8, 4) is 0 Å². The zero-order chi connectivity index (χ0) is 12.1. The molecule has 17 heavy (non-hydrogen) atoms. The SMILES string of the molecule is Cc1cnc(C(=O)CCc2ccccc2)nc1. The van der Waals surface area contributed by atoms with Gasteiger partial charge < -0.3 is 0 Å². The van der Waals surface area contributed by atoms with E-state index in [0.29, 0.717) is 12.2 Å². The Morgan fingerprint density at radius 2 is 1.76 bits per heavy atom. The van der Waals surface area contributed by atoms with Gasteiger partial charge in [0.2, 0.25) is 0 Å². The topological polar surface area (TPSA) is 42.9 Å². The van der Waals surface area contributed by atoms with Gasteiger partial charge in [0, 0.05) is 18.8 Å². The molecule has 3 heteroatoms. The van der Waals surface area contributed by atoms with Gasteiger partial charge in [0.1, 0.15) is 0 Å². The summed E-state index contributed by atoms with van der Waals surface area (Å²) in [7, 11) is 0. The molecule has 1 aromatic carbocycles. The number of nitrogens with zero attached hydrogens (tertiary/aromatic N) is 2. The maximum absolute atomic E-state index is 11.8. The second-order valence-corrected chi connectivity index (χ2v) is 3.99. The fourth-order valence-electron chi connectivity index (χ4n) is 1.55. The molecule has 2 aromatic rings. The predicted octanol–water partition coefficient (Wildman–Crippen LogP) is 2.60. The maximum Gasteiger partial charge on any atom is 0.200 e. The van der Waals surface area contributed by atoms with Crippen LogP contribution in [0.2, 0.25) is 0 Å². The molecule has 0 bridgehead atoms. The third-order valence-corrected chi connectivity index (χ3v) is 2.51. The molecule has 0 N–H and O–H groups in total. The van der Waals surface area contributed by atoms with Crippen molar-refractivity contribution in [1.82, 2.24) is 9.97 Å². The van der Waals surface area contributed by atoms with Gasteiger partial charge in [-0.1, -0.05) is 30.3 Å². The van der Waals surface area contributed by atoms with Crippen LogP contribution in [-0.2, 0) is 6.42 Å². The number of Topliss-reactive ketones (excluding diaryl/α,β-unsaturated/α-hetero) is 1. The lowest BCUT2D eigenvalue weighted by atomic mass is 10.1. The Kier molecular flexibility index (Phi) is 3.60. The second-order valence-electron chi connectivity index (χ2n) is 3.99. The van der Waals surface area contributed by atoms with E-state index in [9.17, 15) is 4.79 Å². The number of benzene rings is 1. The van der Waals surface area contributed by atoms with Crippen LogP contribution >= 0.6 is 0 Å². The lowest BCUT2D eigenvalue weighted by molar-refractivity contribution is 0.0972. The van der Waals surface area contributed by atoms with Gasteiger partial charge in [-0.2, -0.15) is 0 Å². The number of ketones is 1. The van der Waals surface area contributed by atoms with Crippen molar-refractivity contribution in [2.75, 3.05) is 0 Å². The van der Waals surface area contributed by atoms with Crippen molar-refractivity contribution in [3.63, 3.8) is 0 Å². The first-order valence-electron chi connectivity index (χ1n) is 5.61. The molecule has 0 saturated heterocycles. The highest BCUT2D eigenvalue weighted by Gasteiger charge is 2.08. The van der Waals surface area contributed by atoms with Crippen molar-refractivity contribution in [1.29, 1.82) is 0 Å². The molecule has 0 amide bonds. The lowest BCUT2D eigenvalue weighted by Crippen LogP contribution is -2.06. The first-order valence-corrected chi connectivity index (χ1v) is 5.61. The highest BCUT2D eigenvalue weighted by molar-refractivity contribution is 5.92. The third kappa shape index (κ3) is 3.21. The van der Waals surface area contributed by atoms with E-state index in [1.165, 1.54) is 0 Å². The van der Waals surface area contributed by atoms with Gasteiger partial charge >= 0.3 is 0 Å². The third-order valence-electron chi connectivity index (χ3n) is 2.51. The van der Waals surface area contributed by atoms with Crippen LogP contribution in [0.15, 0.2) is 42.7 Å². The summed E-state index contributed by atoms with van der Waals surface area (Å²) in [6, 6.07) is 9.95. The van der Waals surface area contributed by atoms with E-state index in [1.807, 2.05) is 37.3 Å². The fourth-order valence-corrected chi connectivity index (χ4v) is 1.55. The van der Waals surface area contributed by atoms with E-state index >= 15 is 0 Å². The Hall–Kier alpha value is -2.03. The molecule has 0 unspecified atom stereocenters. The van der Waals surface area contributed by atoms with Crippen LogP contribution in [0, 0.1) is 6.92 Å². The average molecular weight is 226 g/mol. The van der Waals surface area contributed by atoms with Gasteiger partial charge in [-0.3, -0.25) is 4.79 Å². The molecule has 0 aliphatic carbocycles. The van der Waals surface area contributed by atoms with Crippen molar-refractivity contribution < 1.29 is 4.79 Å². The number of aryl methyl sites for hydroxylation is 2. The van der Waals surface area contributed by atoms with Gasteiger partial charge in [0.05, 0.1) is 0 Å². The van der Waals surface area contributed by atoms with Crippen LogP contribution in [0.4, 0.5) is 0 Å². The van der Waals surface area contributed by atoms with Gasteiger partial charge in [0.15, 0.2) is 11.6 Å². The van der Waals surface area contributed by atoms with Crippen molar-refractivity contribution in [3.05, 3.63) is 59.7 Å². The van der Waals surface area contributed by atoms with E-state index in [4.69, 9.17) is 0 Å². The molecular formula is C14H14N2O. The zero-order valence-corrected chi connectivity index (χ0v) is 9.76. The predicted molar refractivity (Wildman–Crippen MR) is 65.9 cm³/mol. The van der Waals surface area contributed by atoms with Crippen LogP contribution in [0.1, 0.15) is 28.2 Å². The van der Waals surface area contributed by atoms with Gasteiger partial charge in [-0.25, -0.2) is 9.97 Å². The molecule has 0 aliphatic rings. The van der Waals surface area contributed by atoms with Gasteiger partial charge in [-0.15, -0.1) is 0 Å². The second kappa shape index (κ2) is 5.34. The van der Waals surface area contributed by atoms with E-state index in [-0.39, 0.29) is 5.78 Å². The Labute approximate surface area is 101 Å². The molecule has 0 spiro atoms. The summed E-state index contributed by atoms with van der Waals surface area (Å²) >= 11 is 0. The van der Waals surface area contributed by atoms with Crippen molar-refractivity contribution in [2.45, 2.75) is 19.8 Å². The van der Waals surface area contributed by atoms with E-state index in [1.54, 1.807) is 12.4 Å². The maximum atomic E-state index is 11.8. The molecule has 1 heterocycles. The molecule has 0 aliphatic heterocycles. The first-order chi connectivity index (χ1) is 8.25. The summed E-state index contributed by atoms with van der Waals surface area (Å²) < 4.78 is 0. The largest absolute Gasteiger partial charge is 0.291 e. The number of carbonyl (C=O) groups is 1. The minimum Gasteiger partial charge on any atom is -0.291 e. The van der Waals surface area contributed by atoms with Crippen LogP contribution in [0.25, 0.3) is 0 Å². The highest BCUT2D eigenvalue weighted by atomic mass is 16.1. The number of hydrogen-bond donors (Lipinski definition) is 0. The Balaban J connectivity index is 1.96. The summed E-state index contributed by atoms with van der Waals surface area (Å²) in [6.45, 7) is 1.90. The molecule has 2 rings (SSSR count). The minimum absolute atomic E-state index is 0.00569. The Bertz CT molecular complexity index is 491. The summed E-state index contributed by atoms with van der Waals surface area (Å²) in [5.41, 5.74) is 2.12. The van der Waals surface area contributed by atoms with Crippen LogP contribution in [0.5, 0.6) is 0 Å². The number of aromatic nitrogens is 2. The highest BCUT2D eigenvalue weighted by Crippen LogP contribution is 2.05. The minimum atomic E-state index is -0.00569. The van der Waals surface area contributed by atoms with Crippen LogP contribution < -0.4 is 0 Å². The summed E-state index contributed by atoms with van der Waals surface area (Å²) in [6.07, 6.45) is 4.52. The van der Waals surface area contributed by atoms with E-state index in [2.05, 4.69) is 9.97 Å². The Morgan fingerprint density at radius 3 is 2.41 bits per heavy atom. The summed E-state index contributed by atoms with van der Waals surface area (Å²) in [5.74, 6) is 0.306. The monoisotopic (exact) mass is 226 g/mol. The van der Waals surface area contributed by atoms with Crippen LogP contribution in [-0.4, -0.2) is 15.8 Å². The van der Waals surface area contributed by atoms with Crippen molar-refractivity contribution in [2.24, 2.45) is 0 Å². The normalized spacial score (nSPS) is 10.2. The number of hydrogen-bond acceptors (Lipinski definition) is 3. The Morgan fingerprint density at radius 1 is 1.12 bits per heavy atom. The zero-order valence-electron chi connectivity index (χ0n) is 9.76. The smallest absolute Gasteiger partial charge is 0.200 e. The number of rotatable bonds is 4. The van der Waals surface area contributed by atoms with E-state index < -0.39 is 0 Å². The molecule has 0 fully saturated rings. The first kappa shape index (κ1) is 11.5. The molecule has 1 aromatic heterocycles. The standard InChI is InChI=1S/C14H14N2O/c1-11-9-15-14(16-10-11)13(17)8-7-12-5-3-2-4-6-12/h2-6,9-10H,7-8H2,1H3. The summed E-state index contributed by atoms with van der Waals surface area (Å²) in [5, 5.41) is 0. The molecule has 0 atom stereocenters. The molecule has 0 saturated carbocycles. The molecule has 86 valence electrons.